The quantitative estimate of drug-likeness (QED) is 0.532. The molecule has 1 rings (SSSR count). The second-order valence-electron chi connectivity index (χ2n) is 3.51. The van der Waals surface area contributed by atoms with Crippen LogP contribution in [0.2, 0.25) is 0 Å². The summed E-state index contributed by atoms with van der Waals surface area (Å²) < 4.78 is 0. The summed E-state index contributed by atoms with van der Waals surface area (Å²) in [6.07, 6.45) is 5.21. The molecule has 0 saturated heterocycles. The SMILES string of the molecule is C=Cc1ccccc1CCC(C)N=C=O. The third-order valence-electron chi connectivity index (χ3n) is 2.38. The summed E-state index contributed by atoms with van der Waals surface area (Å²) in [7, 11) is 0. The van der Waals surface area contributed by atoms with Crippen molar-refractivity contribution in [1.82, 2.24) is 0 Å². The van der Waals surface area contributed by atoms with E-state index in [-0.39, 0.29) is 6.04 Å². The Kier molecular flexibility index (Phi) is 4.52. The molecule has 78 valence electrons. The molecule has 0 aliphatic carbocycles. The van der Waals surface area contributed by atoms with E-state index in [1.807, 2.05) is 31.2 Å². The first-order chi connectivity index (χ1) is 7.27. The lowest BCUT2D eigenvalue weighted by atomic mass is 10.0. The molecule has 2 heteroatoms. The predicted octanol–water partition coefficient (Wildman–Crippen LogP) is 2.99. The standard InChI is InChI=1S/C13H15NO/c1-3-12-6-4-5-7-13(12)9-8-11(2)14-10-15/h3-7,11H,1,8-9H2,2H3. The smallest absolute Gasteiger partial charge is 0.211 e. The van der Waals surface area contributed by atoms with Gasteiger partial charge in [-0.2, -0.15) is 0 Å². The monoisotopic (exact) mass is 201 g/mol. The number of rotatable bonds is 5. The number of hydrogen-bond donors (Lipinski definition) is 0. The van der Waals surface area contributed by atoms with Crippen LogP contribution in [0.3, 0.4) is 0 Å². The summed E-state index contributed by atoms with van der Waals surface area (Å²) >= 11 is 0. The molecular formula is C13H15NO. The Balaban J connectivity index is 2.64. The van der Waals surface area contributed by atoms with Crippen LogP contribution in [0.5, 0.6) is 0 Å². The summed E-state index contributed by atoms with van der Waals surface area (Å²) in [5.74, 6) is 0. The zero-order valence-corrected chi connectivity index (χ0v) is 8.94. The van der Waals surface area contributed by atoms with Crippen LogP contribution >= 0.6 is 0 Å². The number of aliphatic imine (C=N–C) groups is 1. The minimum atomic E-state index is 0.0420. The van der Waals surface area contributed by atoms with E-state index < -0.39 is 0 Å². The number of hydrogen-bond acceptors (Lipinski definition) is 2. The molecule has 1 unspecified atom stereocenters. The lowest BCUT2D eigenvalue weighted by Crippen LogP contribution is -2.00. The van der Waals surface area contributed by atoms with Gasteiger partial charge in [-0.05, 0) is 30.9 Å². The van der Waals surface area contributed by atoms with Gasteiger partial charge in [0.2, 0.25) is 6.08 Å². The molecule has 0 bridgehead atoms. The first-order valence-electron chi connectivity index (χ1n) is 5.05. The lowest BCUT2D eigenvalue weighted by Gasteiger charge is -2.07. The summed E-state index contributed by atoms with van der Waals surface area (Å²) in [5, 5.41) is 0. The van der Waals surface area contributed by atoms with Crippen LogP contribution in [-0.2, 0) is 11.2 Å². The lowest BCUT2D eigenvalue weighted by molar-refractivity contribution is 0.555. The molecule has 0 aliphatic rings. The fraction of sp³-hybridized carbons (Fsp3) is 0.308. The van der Waals surface area contributed by atoms with Gasteiger partial charge >= 0.3 is 0 Å². The van der Waals surface area contributed by atoms with Crippen molar-refractivity contribution in [2.45, 2.75) is 25.8 Å². The molecule has 0 amide bonds. The summed E-state index contributed by atoms with van der Waals surface area (Å²) in [6.45, 7) is 5.69. The first-order valence-corrected chi connectivity index (χ1v) is 5.05. The first kappa shape index (κ1) is 11.4. The van der Waals surface area contributed by atoms with E-state index in [9.17, 15) is 4.79 Å². The second kappa shape index (κ2) is 5.94. The normalized spacial score (nSPS) is 11.5. The van der Waals surface area contributed by atoms with Gasteiger partial charge in [0.25, 0.3) is 0 Å². The van der Waals surface area contributed by atoms with Crippen LogP contribution in [-0.4, -0.2) is 12.1 Å². The Morgan fingerprint density at radius 2 is 2.27 bits per heavy atom. The van der Waals surface area contributed by atoms with Gasteiger partial charge < -0.3 is 0 Å². The summed E-state index contributed by atoms with van der Waals surface area (Å²) in [4.78, 5) is 13.7. The third-order valence-corrected chi connectivity index (χ3v) is 2.38. The van der Waals surface area contributed by atoms with E-state index in [2.05, 4.69) is 17.6 Å². The molecule has 0 radical (unpaired) electrons. The average Bonchev–Trinajstić information content (AvgIpc) is 2.27. The van der Waals surface area contributed by atoms with Crippen LogP contribution in [0.1, 0.15) is 24.5 Å². The number of carbonyl (C=O) groups excluding carboxylic acids is 1. The van der Waals surface area contributed by atoms with Crippen molar-refractivity contribution >= 4 is 12.2 Å². The van der Waals surface area contributed by atoms with Gasteiger partial charge in [-0.3, -0.25) is 0 Å². The molecule has 1 aromatic carbocycles. The predicted molar refractivity (Wildman–Crippen MR) is 62.4 cm³/mol. The van der Waals surface area contributed by atoms with Crippen LogP contribution in [0, 0.1) is 0 Å². The van der Waals surface area contributed by atoms with Crippen LogP contribution in [0.15, 0.2) is 35.8 Å². The molecule has 0 spiro atoms. The Bertz CT molecular complexity index is 378. The summed E-state index contributed by atoms with van der Waals surface area (Å²) in [5.41, 5.74) is 2.40. The minimum Gasteiger partial charge on any atom is -0.211 e. The van der Waals surface area contributed by atoms with Crippen molar-refractivity contribution in [3.05, 3.63) is 42.0 Å². The van der Waals surface area contributed by atoms with Gasteiger partial charge in [0.15, 0.2) is 0 Å². The Morgan fingerprint density at radius 1 is 1.53 bits per heavy atom. The van der Waals surface area contributed by atoms with E-state index in [0.717, 1.165) is 18.4 Å². The fourth-order valence-corrected chi connectivity index (χ4v) is 1.48. The summed E-state index contributed by atoms with van der Waals surface area (Å²) in [6, 6.07) is 8.16. The Hall–Kier alpha value is -1.66. The number of aryl methyl sites for hydroxylation is 1. The van der Waals surface area contributed by atoms with Gasteiger partial charge in [-0.15, -0.1) is 0 Å². The van der Waals surface area contributed by atoms with Gasteiger partial charge in [-0.25, -0.2) is 9.79 Å². The molecule has 0 heterocycles. The zero-order chi connectivity index (χ0) is 11.1. The van der Waals surface area contributed by atoms with E-state index in [0.29, 0.717) is 0 Å². The maximum absolute atomic E-state index is 10.0. The van der Waals surface area contributed by atoms with Crippen molar-refractivity contribution in [3.63, 3.8) is 0 Å². The van der Waals surface area contributed by atoms with Crippen molar-refractivity contribution < 1.29 is 4.79 Å². The van der Waals surface area contributed by atoms with Crippen molar-refractivity contribution in [2.24, 2.45) is 4.99 Å². The van der Waals surface area contributed by atoms with Gasteiger partial charge in [0.05, 0.1) is 6.04 Å². The topological polar surface area (TPSA) is 29.4 Å². The van der Waals surface area contributed by atoms with E-state index in [1.165, 1.54) is 5.56 Å². The van der Waals surface area contributed by atoms with Crippen LogP contribution < -0.4 is 0 Å². The molecule has 15 heavy (non-hydrogen) atoms. The van der Waals surface area contributed by atoms with Gasteiger partial charge in [0.1, 0.15) is 0 Å². The van der Waals surface area contributed by atoms with E-state index >= 15 is 0 Å². The highest BCUT2D eigenvalue weighted by atomic mass is 16.1. The number of benzene rings is 1. The highest BCUT2D eigenvalue weighted by molar-refractivity contribution is 5.51. The molecular weight excluding hydrogens is 186 g/mol. The van der Waals surface area contributed by atoms with Gasteiger partial charge in [0, 0.05) is 0 Å². The molecule has 1 aromatic rings. The Labute approximate surface area is 90.4 Å². The highest BCUT2D eigenvalue weighted by Gasteiger charge is 2.02. The Morgan fingerprint density at radius 3 is 2.93 bits per heavy atom. The molecule has 0 N–H and O–H groups in total. The van der Waals surface area contributed by atoms with Crippen LogP contribution in [0.4, 0.5) is 0 Å². The second-order valence-corrected chi connectivity index (χ2v) is 3.51. The van der Waals surface area contributed by atoms with E-state index in [1.54, 1.807) is 6.08 Å². The molecule has 0 saturated carbocycles. The fourth-order valence-electron chi connectivity index (χ4n) is 1.48. The van der Waals surface area contributed by atoms with Crippen LogP contribution in [0.25, 0.3) is 6.08 Å². The maximum atomic E-state index is 10.0. The molecule has 0 aromatic heterocycles. The number of isocyanates is 1. The third kappa shape index (κ3) is 3.53. The zero-order valence-electron chi connectivity index (χ0n) is 8.94. The minimum absolute atomic E-state index is 0.0420. The average molecular weight is 201 g/mol. The van der Waals surface area contributed by atoms with Crippen molar-refractivity contribution in [3.8, 4) is 0 Å². The maximum Gasteiger partial charge on any atom is 0.235 e. The van der Waals surface area contributed by atoms with Crippen molar-refractivity contribution in [1.29, 1.82) is 0 Å². The van der Waals surface area contributed by atoms with E-state index in [4.69, 9.17) is 0 Å². The molecule has 0 fully saturated rings. The largest absolute Gasteiger partial charge is 0.235 e. The van der Waals surface area contributed by atoms with Gasteiger partial charge in [-0.1, -0.05) is 36.9 Å². The molecule has 2 nitrogen and oxygen atoms in total. The van der Waals surface area contributed by atoms with Crippen molar-refractivity contribution in [2.75, 3.05) is 0 Å². The number of nitrogens with zero attached hydrogens (tertiary/aromatic N) is 1. The molecule has 0 aliphatic heterocycles. The highest BCUT2D eigenvalue weighted by Crippen LogP contribution is 2.13. The molecule has 1 atom stereocenters.